The first-order valence-electron chi connectivity index (χ1n) is 5.14. The Hall–Kier alpha value is -0.0800. The number of ether oxygens (including phenoxy) is 1. The highest BCUT2D eigenvalue weighted by molar-refractivity contribution is 4.76. The highest BCUT2D eigenvalue weighted by atomic mass is 16.5. The maximum Gasteiger partial charge on any atom is 0.0599 e. The average molecular weight is 170 g/mol. The van der Waals surface area contributed by atoms with E-state index < -0.39 is 0 Å². The Labute approximate surface area is 73.9 Å². The molecule has 12 heavy (non-hydrogen) atoms. The first kappa shape index (κ1) is 8.52. The second-order valence-corrected chi connectivity index (χ2v) is 4.22. The van der Waals surface area contributed by atoms with Gasteiger partial charge in [0.1, 0.15) is 0 Å². The number of hydrogen-bond acceptors (Lipinski definition) is 2. The fourth-order valence-corrected chi connectivity index (χ4v) is 1.83. The van der Waals surface area contributed by atoms with Crippen LogP contribution in [0.3, 0.4) is 0 Å². The second-order valence-electron chi connectivity index (χ2n) is 4.22. The second kappa shape index (κ2) is 3.75. The van der Waals surface area contributed by atoms with Gasteiger partial charge in [-0.2, -0.15) is 0 Å². The summed E-state index contributed by atoms with van der Waals surface area (Å²) in [4.78, 5) is 0. The van der Waals surface area contributed by atoms with Gasteiger partial charge in [-0.05, 0) is 44.4 Å². The van der Waals surface area contributed by atoms with Gasteiger partial charge in [0.25, 0.3) is 0 Å². The van der Waals surface area contributed by atoms with Gasteiger partial charge in [0.05, 0.1) is 12.2 Å². The lowest BCUT2D eigenvalue weighted by Gasteiger charge is -2.25. The molecule has 1 N–H and O–H groups in total. The lowest BCUT2D eigenvalue weighted by molar-refractivity contribution is -0.0184. The molecule has 2 heteroatoms. The molecule has 0 spiro atoms. The Balaban J connectivity index is 1.64. The molecule has 0 aromatic heterocycles. The van der Waals surface area contributed by atoms with Crippen molar-refractivity contribution in [1.29, 1.82) is 0 Å². The molecule has 2 aliphatic carbocycles. The van der Waals surface area contributed by atoms with Gasteiger partial charge in [0, 0.05) is 6.61 Å². The standard InChI is InChI=1S/C10H18O2/c11-9-2-1-3-10(6-9)12-7-8-4-5-8/h8-11H,1-7H2. The normalized spacial score (nSPS) is 36.8. The summed E-state index contributed by atoms with van der Waals surface area (Å²) in [6, 6.07) is 0. The summed E-state index contributed by atoms with van der Waals surface area (Å²) in [5, 5.41) is 9.38. The molecule has 0 radical (unpaired) electrons. The quantitative estimate of drug-likeness (QED) is 0.698. The Morgan fingerprint density at radius 1 is 1.17 bits per heavy atom. The van der Waals surface area contributed by atoms with Gasteiger partial charge in [0.2, 0.25) is 0 Å². The molecular formula is C10H18O2. The van der Waals surface area contributed by atoms with Crippen LogP contribution < -0.4 is 0 Å². The van der Waals surface area contributed by atoms with Crippen LogP contribution in [-0.4, -0.2) is 23.9 Å². The van der Waals surface area contributed by atoms with E-state index in [-0.39, 0.29) is 6.10 Å². The maximum atomic E-state index is 9.38. The Kier molecular flexibility index (Phi) is 2.66. The largest absolute Gasteiger partial charge is 0.393 e. The fourth-order valence-electron chi connectivity index (χ4n) is 1.83. The zero-order valence-corrected chi connectivity index (χ0v) is 7.54. The van der Waals surface area contributed by atoms with Crippen molar-refractivity contribution in [2.75, 3.05) is 6.61 Å². The summed E-state index contributed by atoms with van der Waals surface area (Å²) >= 11 is 0. The van der Waals surface area contributed by atoms with E-state index in [4.69, 9.17) is 4.74 Å². The number of rotatable bonds is 3. The minimum Gasteiger partial charge on any atom is -0.393 e. The Bertz CT molecular complexity index is 143. The molecule has 2 saturated carbocycles. The molecule has 2 rings (SSSR count). The van der Waals surface area contributed by atoms with Gasteiger partial charge in [-0.1, -0.05) is 0 Å². The van der Waals surface area contributed by atoms with Crippen molar-refractivity contribution in [3.05, 3.63) is 0 Å². The Morgan fingerprint density at radius 2 is 2.00 bits per heavy atom. The Morgan fingerprint density at radius 3 is 2.67 bits per heavy atom. The van der Waals surface area contributed by atoms with Crippen molar-refractivity contribution >= 4 is 0 Å². The third-order valence-electron chi connectivity index (χ3n) is 2.86. The minimum atomic E-state index is -0.0945. The summed E-state index contributed by atoms with van der Waals surface area (Å²) in [6.45, 7) is 0.942. The molecule has 2 nitrogen and oxygen atoms in total. The third-order valence-corrected chi connectivity index (χ3v) is 2.86. The van der Waals surface area contributed by atoms with E-state index in [1.807, 2.05) is 0 Å². The van der Waals surface area contributed by atoms with Crippen molar-refractivity contribution in [2.24, 2.45) is 5.92 Å². The maximum absolute atomic E-state index is 9.38. The van der Waals surface area contributed by atoms with Gasteiger partial charge in [-0.3, -0.25) is 0 Å². The van der Waals surface area contributed by atoms with Crippen LogP contribution in [0, 0.1) is 5.92 Å². The summed E-state index contributed by atoms with van der Waals surface area (Å²) in [5.74, 6) is 0.851. The van der Waals surface area contributed by atoms with E-state index >= 15 is 0 Å². The van der Waals surface area contributed by atoms with Gasteiger partial charge >= 0.3 is 0 Å². The minimum absolute atomic E-state index is 0.0945. The highest BCUT2D eigenvalue weighted by Gasteiger charge is 2.25. The molecule has 70 valence electrons. The molecule has 0 bridgehead atoms. The van der Waals surface area contributed by atoms with Crippen LogP contribution in [0.1, 0.15) is 38.5 Å². The zero-order chi connectivity index (χ0) is 8.39. The number of aliphatic hydroxyl groups is 1. The summed E-state index contributed by atoms with van der Waals surface area (Å²) in [6.07, 6.45) is 7.11. The predicted octanol–water partition coefficient (Wildman–Crippen LogP) is 1.72. The first-order chi connectivity index (χ1) is 5.84. The van der Waals surface area contributed by atoms with Crippen LogP contribution in [0.4, 0.5) is 0 Å². The van der Waals surface area contributed by atoms with Crippen LogP contribution in [0.25, 0.3) is 0 Å². The molecule has 2 atom stereocenters. The van der Waals surface area contributed by atoms with Gasteiger partial charge in [-0.25, -0.2) is 0 Å². The SMILES string of the molecule is OC1CCCC(OCC2CC2)C1. The molecule has 0 aromatic rings. The van der Waals surface area contributed by atoms with Crippen LogP contribution in [0.5, 0.6) is 0 Å². The van der Waals surface area contributed by atoms with Crippen molar-refractivity contribution < 1.29 is 9.84 Å². The van der Waals surface area contributed by atoms with Crippen molar-refractivity contribution in [1.82, 2.24) is 0 Å². The number of hydrogen-bond donors (Lipinski definition) is 1. The van der Waals surface area contributed by atoms with E-state index in [0.29, 0.717) is 6.10 Å². The highest BCUT2D eigenvalue weighted by Crippen LogP contribution is 2.30. The topological polar surface area (TPSA) is 29.5 Å². The first-order valence-corrected chi connectivity index (χ1v) is 5.14. The van der Waals surface area contributed by atoms with Crippen LogP contribution in [0.15, 0.2) is 0 Å². The zero-order valence-electron chi connectivity index (χ0n) is 7.54. The molecule has 0 saturated heterocycles. The monoisotopic (exact) mass is 170 g/mol. The lowest BCUT2D eigenvalue weighted by atomic mass is 9.95. The summed E-state index contributed by atoms with van der Waals surface area (Å²) in [5.41, 5.74) is 0. The van der Waals surface area contributed by atoms with Gasteiger partial charge in [-0.15, -0.1) is 0 Å². The van der Waals surface area contributed by atoms with Crippen molar-refractivity contribution in [2.45, 2.75) is 50.7 Å². The smallest absolute Gasteiger partial charge is 0.0599 e. The van der Waals surface area contributed by atoms with Crippen molar-refractivity contribution in [3.63, 3.8) is 0 Å². The summed E-state index contributed by atoms with van der Waals surface area (Å²) in [7, 11) is 0. The molecule has 2 aliphatic rings. The van der Waals surface area contributed by atoms with E-state index in [9.17, 15) is 5.11 Å². The molecule has 0 heterocycles. The molecule has 0 aliphatic heterocycles. The van der Waals surface area contributed by atoms with Crippen molar-refractivity contribution in [3.8, 4) is 0 Å². The van der Waals surface area contributed by atoms with E-state index in [1.54, 1.807) is 0 Å². The molecule has 2 unspecified atom stereocenters. The van der Waals surface area contributed by atoms with Crippen LogP contribution in [-0.2, 0) is 4.74 Å². The number of aliphatic hydroxyl groups excluding tert-OH is 1. The summed E-state index contributed by atoms with van der Waals surface area (Å²) < 4.78 is 5.72. The van der Waals surface area contributed by atoms with Crippen LogP contribution >= 0.6 is 0 Å². The molecule has 0 amide bonds. The fraction of sp³-hybridized carbons (Fsp3) is 1.00. The lowest BCUT2D eigenvalue weighted by Crippen LogP contribution is -2.26. The molecule has 2 fully saturated rings. The predicted molar refractivity (Wildman–Crippen MR) is 46.9 cm³/mol. The van der Waals surface area contributed by atoms with Crippen LogP contribution in [0.2, 0.25) is 0 Å². The van der Waals surface area contributed by atoms with Gasteiger partial charge < -0.3 is 9.84 Å². The van der Waals surface area contributed by atoms with E-state index in [0.717, 1.165) is 38.2 Å². The third kappa shape index (κ3) is 2.46. The molecule has 0 aromatic carbocycles. The average Bonchev–Trinajstić information content (AvgIpc) is 2.84. The molecular weight excluding hydrogens is 152 g/mol. The van der Waals surface area contributed by atoms with E-state index in [1.165, 1.54) is 12.8 Å². The van der Waals surface area contributed by atoms with E-state index in [2.05, 4.69) is 0 Å². The van der Waals surface area contributed by atoms with Gasteiger partial charge in [0.15, 0.2) is 0 Å².